The van der Waals surface area contributed by atoms with Gasteiger partial charge in [-0.25, -0.2) is 0 Å². The predicted molar refractivity (Wildman–Crippen MR) is 64.7 cm³/mol. The lowest BCUT2D eigenvalue weighted by Gasteiger charge is -2.15. The van der Waals surface area contributed by atoms with Crippen LogP contribution < -0.4 is 0 Å². The van der Waals surface area contributed by atoms with Gasteiger partial charge in [-0.05, 0) is 25.2 Å². The van der Waals surface area contributed by atoms with E-state index in [1.54, 1.807) is 0 Å². The molecule has 1 nitrogen and oxygen atoms in total. The summed E-state index contributed by atoms with van der Waals surface area (Å²) < 4.78 is 0. The topological polar surface area (TPSA) is 17.1 Å². The first-order valence-electron chi connectivity index (χ1n) is 6.39. The van der Waals surface area contributed by atoms with Crippen molar-refractivity contribution < 1.29 is 4.79 Å². The molecule has 3 unspecified atom stereocenters. The number of carbonyl (C=O) groups is 1. The minimum absolute atomic E-state index is 0.286. The van der Waals surface area contributed by atoms with E-state index in [9.17, 15) is 4.79 Å². The molecule has 0 N–H and O–H groups in total. The monoisotopic (exact) mass is 208 g/mol. The highest BCUT2D eigenvalue weighted by molar-refractivity contribution is 5.86. The van der Waals surface area contributed by atoms with Crippen LogP contribution in [0.1, 0.15) is 52.4 Å². The Morgan fingerprint density at radius 1 is 1.47 bits per heavy atom. The number of hydrogen-bond donors (Lipinski definition) is 0. The molecule has 1 aliphatic carbocycles. The van der Waals surface area contributed by atoms with Gasteiger partial charge in [0, 0.05) is 11.8 Å². The summed E-state index contributed by atoms with van der Waals surface area (Å²) in [4.78, 5) is 12.1. The number of hydrogen-bond acceptors (Lipinski definition) is 1. The van der Waals surface area contributed by atoms with Gasteiger partial charge in [-0.3, -0.25) is 4.79 Å². The van der Waals surface area contributed by atoms with Crippen molar-refractivity contribution in [2.24, 2.45) is 17.8 Å². The molecule has 0 saturated heterocycles. The van der Waals surface area contributed by atoms with Gasteiger partial charge in [0.1, 0.15) is 5.78 Å². The first-order chi connectivity index (χ1) is 7.24. The zero-order valence-electron chi connectivity index (χ0n) is 10.2. The van der Waals surface area contributed by atoms with Crippen LogP contribution in [0.5, 0.6) is 0 Å². The maximum absolute atomic E-state index is 12.1. The van der Waals surface area contributed by atoms with Gasteiger partial charge in [-0.15, -0.1) is 6.58 Å². The molecule has 1 saturated carbocycles. The van der Waals surface area contributed by atoms with E-state index < -0.39 is 0 Å². The molecule has 0 bridgehead atoms. The van der Waals surface area contributed by atoms with Gasteiger partial charge in [0.15, 0.2) is 0 Å². The van der Waals surface area contributed by atoms with Gasteiger partial charge in [-0.1, -0.05) is 39.2 Å². The fourth-order valence-electron chi connectivity index (χ4n) is 2.85. The van der Waals surface area contributed by atoms with Crippen LogP contribution in [-0.2, 0) is 4.79 Å². The van der Waals surface area contributed by atoms with Gasteiger partial charge in [0.25, 0.3) is 0 Å². The number of ketones is 1. The zero-order valence-corrected chi connectivity index (χ0v) is 10.2. The average Bonchev–Trinajstić information content (AvgIpc) is 2.54. The number of unbranched alkanes of at least 4 members (excludes halogenated alkanes) is 1. The summed E-state index contributed by atoms with van der Waals surface area (Å²) in [5.74, 6) is 1.82. The van der Waals surface area contributed by atoms with Crippen LogP contribution in [0.2, 0.25) is 0 Å². The summed E-state index contributed by atoms with van der Waals surface area (Å²) in [7, 11) is 0. The summed E-state index contributed by atoms with van der Waals surface area (Å²) in [5.41, 5.74) is 0. The molecule has 0 radical (unpaired) electrons. The van der Waals surface area contributed by atoms with Crippen molar-refractivity contribution in [2.45, 2.75) is 52.4 Å². The van der Waals surface area contributed by atoms with E-state index in [4.69, 9.17) is 0 Å². The Balaban J connectivity index is 2.58. The second kappa shape index (κ2) is 6.09. The second-order valence-electron chi connectivity index (χ2n) is 4.78. The molecule has 3 atom stereocenters. The quantitative estimate of drug-likeness (QED) is 0.603. The van der Waals surface area contributed by atoms with Crippen molar-refractivity contribution in [3.8, 4) is 0 Å². The molecule has 86 valence electrons. The third kappa shape index (κ3) is 2.93. The van der Waals surface area contributed by atoms with Crippen molar-refractivity contribution in [1.82, 2.24) is 0 Å². The molecule has 0 aromatic carbocycles. The Morgan fingerprint density at radius 3 is 2.73 bits per heavy atom. The van der Waals surface area contributed by atoms with Gasteiger partial charge < -0.3 is 0 Å². The third-order valence-corrected chi connectivity index (χ3v) is 3.77. The van der Waals surface area contributed by atoms with E-state index in [1.165, 1.54) is 12.8 Å². The largest absolute Gasteiger partial charge is 0.299 e. The van der Waals surface area contributed by atoms with Crippen molar-refractivity contribution in [3.63, 3.8) is 0 Å². The number of Topliss-reactive ketones (excluding diaryl/α,β-unsaturated/α-hetero) is 1. The zero-order chi connectivity index (χ0) is 11.3. The maximum Gasteiger partial charge on any atom is 0.139 e. The Kier molecular flexibility index (Phi) is 5.07. The minimum atomic E-state index is 0.286. The summed E-state index contributed by atoms with van der Waals surface area (Å²) in [5, 5.41) is 0. The first-order valence-corrected chi connectivity index (χ1v) is 6.39. The number of rotatable bonds is 6. The summed E-state index contributed by atoms with van der Waals surface area (Å²) in [6.07, 6.45) is 8.57. The molecule has 15 heavy (non-hydrogen) atoms. The van der Waals surface area contributed by atoms with Crippen LogP contribution in [0.25, 0.3) is 0 Å². The highest BCUT2D eigenvalue weighted by atomic mass is 16.1. The van der Waals surface area contributed by atoms with E-state index in [0.717, 1.165) is 25.7 Å². The third-order valence-electron chi connectivity index (χ3n) is 3.77. The van der Waals surface area contributed by atoms with Crippen molar-refractivity contribution in [2.75, 3.05) is 0 Å². The fraction of sp³-hybridized carbons (Fsp3) is 0.786. The molecule has 1 rings (SSSR count). The Hall–Kier alpha value is -0.590. The van der Waals surface area contributed by atoms with Crippen molar-refractivity contribution >= 4 is 5.78 Å². The highest BCUT2D eigenvalue weighted by Gasteiger charge is 2.39. The summed E-state index contributed by atoms with van der Waals surface area (Å²) in [6.45, 7) is 8.16. The smallest absolute Gasteiger partial charge is 0.139 e. The molecule has 0 heterocycles. The van der Waals surface area contributed by atoms with Crippen LogP contribution in [-0.4, -0.2) is 5.78 Å². The first kappa shape index (κ1) is 12.5. The SMILES string of the molecule is C=CCC1CC(CC)C(CCCC)C1=O. The average molecular weight is 208 g/mol. The lowest BCUT2D eigenvalue weighted by Crippen LogP contribution is -2.16. The van der Waals surface area contributed by atoms with Gasteiger partial charge >= 0.3 is 0 Å². The summed E-state index contributed by atoms with van der Waals surface area (Å²) in [6, 6.07) is 0. The predicted octanol–water partition coefficient (Wildman–Crippen LogP) is 3.98. The highest BCUT2D eigenvalue weighted by Crippen LogP contribution is 2.39. The molecular formula is C14H24O. The van der Waals surface area contributed by atoms with Crippen LogP contribution in [0.4, 0.5) is 0 Å². The normalized spacial score (nSPS) is 30.8. The van der Waals surface area contributed by atoms with Gasteiger partial charge in [-0.2, -0.15) is 0 Å². The van der Waals surface area contributed by atoms with E-state index >= 15 is 0 Å². The van der Waals surface area contributed by atoms with Crippen molar-refractivity contribution in [1.29, 1.82) is 0 Å². The second-order valence-corrected chi connectivity index (χ2v) is 4.78. The molecule has 1 fully saturated rings. The van der Waals surface area contributed by atoms with Gasteiger partial charge in [0.05, 0.1) is 0 Å². The van der Waals surface area contributed by atoms with Crippen LogP contribution in [0.15, 0.2) is 12.7 Å². The maximum atomic E-state index is 12.1. The van der Waals surface area contributed by atoms with E-state index in [1.807, 2.05) is 6.08 Å². The lowest BCUT2D eigenvalue weighted by atomic mass is 9.89. The molecule has 0 amide bonds. The Morgan fingerprint density at radius 2 is 2.20 bits per heavy atom. The number of carbonyl (C=O) groups excluding carboxylic acids is 1. The molecule has 0 aromatic heterocycles. The minimum Gasteiger partial charge on any atom is -0.299 e. The van der Waals surface area contributed by atoms with Crippen LogP contribution in [0, 0.1) is 17.8 Å². The molecule has 1 heteroatoms. The number of allylic oxidation sites excluding steroid dienone is 1. The molecule has 0 aromatic rings. The lowest BCUT2D eigenvalue weighted by molar-refractivity contribution is -0.124. The summed E-state index contributed by atoms with van der Waals surface area (Å²) >= 11 is 0. The van der Waals surface area contributed by atoms with Crippen LogP contribution >= 0.6 is 0 Å². The molecule has 0 aliphatic heterocycles. The van der Waals surface area contributed by atoms with E-state index in [2.05, 4.69) is 20.4 Å². The van der Waals surface area contributed by atoms with E-state index in [0.29, 0.717) is 17.6 Å². The Bertz CT molecular complexity index is 219. The van der Waals surface area contributed by atoms with Crippen LogP contribution in [0.3, 0.4) is 0 Å². The fourth-order valence-corrected chi connectivity index (χ4v) is 2.85. The Labute approximate surface area is 93.9 Å². The van der Waals surface area contributed by atoms with Gasteiger partial charge in [0.2, 0.25) is 0 Å². The molecular weight excluding hydrogens is 184 g/mol. The van der Waals surface area contributed by atoms with Crippen molar-refractivity contribution in [3.05, 3.63) is 12.7 Å². The van der Waals surface area contributed by atoms with E-state index in [-0.39, 0.29) is 5.92 Å². The molecule has 0 spiro atoms. The standard InChI is InChI=1S/C14H24O/c1-4-7-9-13-11(6-3)10-12(8-5-2)14(13)15/h5,11-13H,2,4,6-10H2,1,3H3. The molecule has 1 aliphatic rings.